The molecule has 0 spiro atoms. The molecule has 0 saturated carbocycles. The van der Waals surface area contributed by atoms with Gasteiger partial charge in [0, 0.05) is 44.9 Å². The van der Waals surface area contributed by atoms with E-state index in [0.29, 0.717) is 17.5 Å². The Morgan fingerprint density at radius 1 is 0.360 bits per heavy atom. The third-order valence-electron chi connectivity index (χ3n) is 8.89. The maximum atomic E-state index is 6.60. The van der Waals surface area contributed by atoms with Crippen molar-refractivity contribution in [2.45, 2.75) is 0 Å². The maximum Gasteiger partial charge on any atom is 0.164 e. The average molecular weight is 643 g/mol. The first-order valence-corrected chi connectivity index (χ1v) is 16.6. The summed E-state index contributed by atoms with van der Waals surface area (Å²) >= 11 is 0. The van der Waals surface area contributed by atoms with Gasteiger partial charge in [0.2, 0.25) is 0 Å². The first kappa shape index (κ1) is 29.3. The van der Waals surface area contributed by atoms with Crippen molar-refractivity contribution in [3.63, 3.8) is 0 Å². The summed E-state index contributed by atoms with van der Waals surface area (Å²) in [5.74, 6) is 1.79. The van der Waals surface area contributed by atoms with Gasteiger partial charge in [0.1, 0.15) is 11.2 Å². The number of anilines is 3. The Labute approximate surface area is 289 Å². The van der Waals surface area contributed by atoms with Gasteiger partial charge in [-0.3, -0.25) is 0 Å². The number of hydrogen-bond acceptors (Lipinski definition) is 5. The van der Waals surface area contributed by atoms with Gasteiger partial charge in [0.15, 0.2) is 17.5 Å². The molecule has 236 valence electrons. The number of nitrogens with zero attached hydrogens (tertiary/aromatic N) is 4. The SMILES string of the molecule is c1ccc(-c2cccc(N(c3ccccc3)c3cc(-c4nc(-c5ccccc5)nc(-c5ccccc5)n4)c4c(c3)oc3ccccc34)c2)cc1. The van der Waals surface area contributed by atoms with Crippen LogP contribution < -0.4 is 4.90 Å². The van der Waals surface area contributed by atoms with E-state index >= 15 is 0 Å². The highest BCUT2D eigenvalue weighted by Crippen LogP contribution is 2.43. The van der Waals surface area contributed by atoms with Crippen LogP contribution in [0.1, 0.15) is 0 Å². The summed E-state index contributed by atoms with van der Waals surface area (Å²) in [5, 5.41) is 1.96. The van der Waals surface area contributed by atoms with Gasteiger partial charge in [-0.1, -0.05) is 140 Å². The smallest absolute Gasteiger partial charge is 0.164 e. The van der Waals surface area contributed by atoms with Gasteiger partial charge >= 0.3 is 0 Å². The minimum Gasteiger partial charge on any atom is -0.456 e. The molecular formula is C45H30N4O. The monoisotopic (exact) mass is 642 g/mol. The summed E-state index contributed by atoms with van der Waals surface area (Å²) in [5.41, 5.74) is 9.50. The first-order chi connectivity index (χ1) is 24.8. The lowest BCUT2D eigenvalue weighted by atomic mass is 10.0. The second-order valence-electron chi connectivity index (χ2n) is 12.1. The van der Waals surface area contributed by atoms with Gasteiger partial charge in [-0.25, -0.2) is 15.0 Å². The predicted octanol–water partition coefficient (Wildman–Crippen LogP) is 11.9. The van der Waals surface area contributed by atoms with Crippen LogP contribution in [0.25, 0.3) is 67.2 Å². The molecule has 0 radical (unpaired) electrons. The Bertz CT molecular complexity index is 2530. The van der Waals surface area contributed by atoms with Crippen molar-refractivity contribution in [3.05, 3.63) is 182 Å². The lowest BCUT2D eigenvalue weighted by molar-refractivity contribution is 0.669. The number of hydrogen-bond donors (Lipinski definition) is 0. The number of benzene rings is 7. The van der Waals surface area contributed by atoms with Crippen LogP contribution in [0.15, 0.2) is 186 Å². The molecule has 0 atom stereocenters. The van der Waals surface area contributed by atoms with E-state index < -0.39 is 0 Å². The number of furan rings is 1. The fourth-order valence-electron chi connectivity index (χ4n) is 6.55. The van der Waals surface area contributed by atoms with E-state index in [1.807, 2.05) is 91.0 Å². The van der Waals surface area contributed by atoms with E-state index in [0.717, 1.165) is 66.8 Å². The molecule has 0 fully saturated rings. The Kier molecular flexibility index (Phi) is 7.41. The fourth-order valence-corrected chi connectivity index (χ4v) is 6.55. The van der Waals surface area contributed by atoms with Crippen molar-refractivity contribution in [1.82, 2.24) is 15.0 Å². The Morgan fingerprint density at radius 2 is 0.880 bits per heavy atom. The largest absolute Gasteiger partial charge is 0.456 e. The molecule has 5 heteroatoms. The zero-order chi connectivity index (χ0) is 33.3. The molecule has 0 unspecified atom stereocenters. The van der Waals surface area contributed by atoms with Gasteiger partial charge in [-0.15, -0.1) is 0 Å². The lowest BCUT2D eigenvalue weighted by Crippen LogP contribution is -2.10. The molecule has 0 aliphatic carbocycles. The molecule has 5 nitrogen and oxygen atoms in total. The van der Waals surface area contributed by atoms with Crippen molar-refractivity contribution in [2.24, 2.45) is 0 Å². The zero-order valence-corrected chi connectivity index (χ0v) is 27.0. The second-order valence-corrected chi connectivity index (χ2v) is 12.1. The van der Waals surface area contributed by atoms with Crippen LogP contribution in [-0.4, -0.2) is 15.0 Å². The van der Waals surface area contributed by atoms with Crippen molar-refractivity contribution >= 4 is 39.0 Å². The maximum absolute atomic E-state index is 6.60. The van der Waals surface area contributed by atoms with Crippen LogP contribution in [0.3, 0.4) is 0 Å². The van der Waals surface area contributed by atoms with Crippen LogP contribution in [-0.2, 0) is 0 Å². The van der Waals surface area contributed by atoms with Crippen LogP contribution in [0.5, 0.6) is 0 Å². The molecule has 9 aromatic rings. The van der Waals surface area contributed by atoms with E-state index in [1.54, 1.807) is 0 Å². The normalized spacial score (nSPS) is 11.2. The Morgan fingerprint density at radius 3 is 1.54 bits per heavy atom. The van der Waals surface area contributed by atoms with Crippen molar-refractivity contribution in [1.29, 1.82) is 0 Å². The van der Waals surface area contributed by atoms with Crippen LogP contribution in [0.2, 0.25) is 0 Å². The molecule has 0 bridgehead atoms. The zero-order valence-electron chi connectivity index (χ0n) is 27.0. The topological polar surface area (TPSA) is 55.1 Å². The highest BCUT2D eigenvalue weighted by atomic mass is 16.3. The van der Waals surface area contributed by atoms with Gasteiger partial charge in [-0.2, -0.15) is 0 Å². The summed E-state index contributed by atoms with van der Waals surface area (Å²) in [6.45, 7) is 0. The predicted molar refractivity (Wildman–Crippen MR) is 204 cm³/mol. The van der Waals surface area contributed by atoms with Gasteiger partial charge in [0.25, 0.3) is 0 Å². The third-order valence-corrected chi connectivity index (χ3v) is 8.89. The molecule has 50 heavy (non-hydrogen) atoms. The van der Waals surface area contributed by atoms with E-state index in [1.165, 1.54) is 0 Å². The summed E-state index contributed by atoms with van der Waals surface area (Å²) in [6.07, 6.45) is 0. The fraction of sp³-hybridized carbons (Fsp3) is 0. The molecular weight excluding hydrogens is 613 g/mol. The van der Waals surface area contributed by atoms with Crippen molar-refractivity contribution < 1.29 is 4.42 Å². The van der Waals surface area contributed by atoms with Crippen molar-refractivity contribution in [2.75, 3.05) is 4.90 Å². The lowest BCUT2D eigenvalue weighted by Gasteiger charge is -2.26. The number of aromatic nitrogens is 3. The van der Waals surface area contributed by atoms with Crippen LogP contribution in [0, 0.1) is 0 Å². The van der Waals surface area contributed by atoms with E-state index in [-0.39, 0.29) is 0 Å². The minimum atomic E-state index is 0.571. The first-order valence-electron chi connectivity index (χ1n) is 16.6. The molecule has 7 aromatic carbocycles. The van der Waals surface area contributed by atoms with Gasteiger partial charge in [0.05, 0.1) is 5.69 Å². The van der Waals surface area contributed by atoms with E-state index in [2.05, 4.69) is 95.9 Å². The second kappa shape index (κ2) is 12.6. The Hall–Kier alpha value is -6.85. The summed E-state index contributed by atoms with van der Waals surface area (Å²) in [6, 6.07) is 62.1. The Balaban J connectivity index is 1.32. The number of rotatable bonds is 7. The number of fused-ring (bicyclic) bond motifs is 3. The molecule has 0 aliphatic rings. The molecule has 2 heterocycles. The molecule has 0 amide bonds. The molecule has 9 rings (SSSR count). The molecule has 0 aliphatic heterocycles. The van der Waals surface area contributed by atoms with Gasteiger partial charge in [-0.05, 0) is 47.5 Å². The van der Waals surface area contributed by atoms with Crippen LogP contribution >= 0.6 is 0 Å². The van der Waals surface area contributed by atoms with Gasteiger partial charge < -0.3 is 9.32 Å². The highest BCUT2D eigenvalue weighted by molar-refractivity contribution is 6.13. The minimum absolute atomic E-state index is 0.571. The van der Waals surface area contributed by atoms with E-state index in [9.17, 15) is 0 Å². The third kappa shape index (κ3) is 5.47. The summed E-state index contributed by atoms with van der Waals surface area (Å²) < 4.78 is 6.60. The standard InChI is InChI=1S/C45H30N4O/c1-5-16-31(17-6-1)34-22-15-25-36(28-34)49(35-23-11-4-12-24-35)37-29-39(42-38-26-13-14-27-40(38)50-41(42)30-37)45-47-43(32-18-7-2-8-19-32)46-44(48-45)33-20-9-3-10-21-33/h1-30H. The quantitative estimate of drug-likeness (QED) is 0.173. The molecule has 2 aromatic heterocycles. The highest BCUT2D eigenvalue weighted by Gasteiger charge is 2.22. The van der Waals surface area contributed by atoms with Crippen LogP contribution in [0.4, 0.5) is 17.1 Å². The number of para-hydroxylation sites is 2. The molecule has 0 N–H and O–H groups in total. The summed E-state index contributed by atoms with van der Waals surface area (Å²) in [4.78, 5) is 17.5. The average Bonchev–Trinajstić information content (AvgIpc) is 3.58. The van der Waals surface area contributed by atoms with E-state index in [4.69, 9.17) is 19.4 Å². The molecule has 0 saturated heterocycles. The van der Waals surface area contributed by atoms with Crippen molar-refractivity contribution in [3.8, 4) is 45.3 Å². The summed E-state index contributed by atoms with van der Waals surface area (Å²) in [7, 11) is 0.